The van der Waals surface area contributed by atoms with Crippen LogP contribution in [-0.4, -0.2) is 28.4 Å². The number of hydrazine groups is 1. The van der Waals surface area contributed by atoms with Gasteiger partial charge >= 0.3 is 0 Å². The molecule has 1 aromatic rings. The quantitative estimate of drug-likeness (QED) is 0.489. The fraction of sp³-hybridized carbons (Fsp3) is 0.500. The van der Waals surface area contributed by atoms with Gasteiger partial charge in [-0.05, 0) is 32.4 Å². The first-order chi connectivity index (χ1) is 8.49. The number of hydrogen-bond acceptors (Lipinski definition) is 4. The molecule has 0 unspecified atom stereocenters. The molecule has 100 valence electrons. The third-order valence-corrected chi connectivity index (χ3v) is 2.73. The van der Waals surface area contributed by atoms with Crippen LogP contribution in [0.5, 0.6) is 0 Å². The largest absolute Gasteiger partial charge is 0.336 e. The molecule has 6 heteroatoms. The van der Waals surface area contributed by atoms with E-state index in [4.69, 9.17) is 17.4 Å². The third-order valence-electron chi connectivity index (χ3n) is 2.54. The number of anilines is 1. The van der Waals surface area contributed by atoms with Crippen LogP contribution in [0.15, 0.2) is 12.1 Å². The number of hydrogen-bond donors (Lipinski definition) is 2. The van der Waals surface area contributed by atoms with Crippen LogP contribution in [0.2, 0.25) is 5.15 Å². The first-order valence-electron chi connectivity index (χ1n) is 5.94. The van der Waals surface area contributed by atoms with Crippen molar-refractivity contribution < 1.29 is 4.79 Å². The van der Waals surface area contributed by atoms with Crippen molar-refractivity contribution in [3.05, 3.63) is 22.8 Å². The summed E-state index contributed by atoms with van der Waals surface area (Å²) in [5.74, 6) is 5.60. The monoisotopic (exact) mass is 270 g/mol. The maximum Gasteiger partial charge on any atom is 0.254 e. The molecule has 0 aliphatic carbocycles. The first-order valence-corrected chi connectivity index (χ1v) is 6.32. The molecule has 0 aromatic carbocycles. The van der Waals surface area contributed by atoms with E-state index in [9.17, 15) is 4.79 Å². The van der Waals surface area contributed by atoms with Crippen LogP contribution in [0.3, 0.4) is 0 Å². The Kier molecular flexibility index (Phi) is 5.37. The van der Waals surface area contributed by atoms with E-state index in [-0.39, 0.29) is 17.1 Å². The minimum atomic E-state index is -0.0624. The highest BCUT2D eigenvalue weighted by Gasteiger charge is 2.19. The maximum absolute atomic E-state index is 12.4. The molecule has 0 aliphatic heterocycles. The lowest BCUT2D eigenvalue weighted by molar-refractivity contribution is 0.0706. The van der Waals surface area contributed by atoms with Crippen LogP contribution >= 0.6 is 11.6 Å². The maximum atomic E-state index is 12.4. The van der Waals surface area contributed by atoms with Crippen LogP contribution in [0.25, 0.3) is 0 Å². The number of aromatic nitrogens is 1. The normalized spacial score (nSPS) is 10.6. The van der Waals surface area contributed by atoms with E-state index in [0.717, 1.165) is 6.42 Å². The molecule has 0 aliphatic rings. The number of carbonyl (C=O) groups excluding carboxylic acids is 1. The lowest BCUT2D eigenvalue weighted by atomic mass is 10.2. The average molecular weight is 271 g/mol. The molecule has 0 saturated heterocycles. The molecule has 18 heavy (non-hydrogen) atoms. The molecule has 0 fully saturated rings. The second-order valence-corrected chi connectivity index (χ2v) is 4.69. The van der Waals surface area contributed by atoms with Crippen molar-refractivity contribution in [2.45, 2.75) is 33.2 Å². The van der Waals surface area contributed by atoms with Crippen molar-refractivity contribution in [3.8, 4) is 0 Å². The van der Waals surface area contributed by atoms with Gasteiger partial charge in [0.25, 0.3) is 5.91 Å². The van der Waals surface area contributed by atoms with Crippen LogP contribution in [-0.2, 0) is 0 Å². The second kappa shape index (κ2) is 6.56. The molecule has 1 aromatic heterocycles. The van der Waals surface area contributed by atoms with E-state index in [1.165, 1.54) is 0 Å². The van der Waals surface area contributed by atoms with E-state index >= 15 is 0 Å². The van der Waals surface area contributed by atoms with Gasteiger partial charge in [0, 0.05) is 18.2 Å². The average Bonchev–Trinajstić information content (AvgIpc) is 2.33. The number of amides is 1. The highest BCUT2D eigenvalue weighted by molar-refractivity contribution is 6.29. The summed E-state index contributed by atoms with van der Waals surface area (Å²) in [7, 11) is 0. The molecular weight excluding hydrogens is 252 g/mol. The summed E-state index contributed by atoms with van der Waals surface area (Å²) in [6.45, 7) is 6.72. The molecule has 1 amide bonds. The molecular formula is C12H19ClN4O. The van der Waals surface area contributed by atoms with Crippen LogP contribution < -0.4 is 11.3 Å². The molecule has 0 saturated carbocycles. The van der Waals surface area contributed by atoms with E-state index in [2.05, 4.69) is 10.4 Å². The fourth-order valence-electron chi connectivity index (χ4n) is 1.70. The summed E-state index contributed by atoms with van der Waals surface area (Å²) in [6.07, 6.45) is 0.907. The van der Waals surface area contributed by atoms with E-state index in [0.29, 0.717) is 17.9 Å². The zero-order valence-corrected chi connectivity index (χ0v) is 11.7. The van der Waals surface area contributed by atoms with Crippen LogP contribution in [0.1, 0.15) is 37.6 Å². The van der Waals surface area contributed by atoms with Gasteiger partial charge < -0.3 is 10.3 Å². The minimum Gasteiger partial charge on any atom is -0.336 e. The predicted molar refractivity (Wildman–Crippen MR) is 73.5 cm³/mol. The highest BCUT2D eigenvalue weighted by Crippen LogP contribution is 2.17. The zero-order valence-electron chi connectivity index (χ0n) is 10.9. The SMILES string of the molecule is CCCN(C(=O)c1cc(Cl)nc(NN)c1)C(C)C. The number of nitrogen functional groups attached to an aromatic ring is 1. The molecule has 1 heterocycles. The zero-order chi connectivity index (χ0) is 13.7. The first kappa shape index (κ1) is 14.7. The molecule has 0 atom stereocenters. The second-order valence-electron chi connectivity index (χ2n) is 4.30. The van der Waals surface area contributed by atoms with Gasteiger partial charge in [-0.1, -0.05) is 18.5 Å². The molecule has 5 nitrogen and oxygen atoms in total. The molecule has 0 radical (unpaired) electrons. The van der Waals surface area contributed by atoms with E-state index in [1.807, 2.05) is 20.8 Å². The number of nitrogens with one attached hydrogen (secondary N) is 1. The fourth-order valence-corrected chi connectivity index (χ4v) is 1.90. The highest BCUT2D eigenvalue weighted by atomic mass is 35.5. The van der Waals surface area contributed by atoms with E-state index < -0.39 is 0 Å². The van der Waals surface area contributed by atoms with Crippen molar-refractivity contribution in [2.24, 2.45) is 5.84 Å². The number of nitrogens with two attached hydrogens (primary N) is 1. The number of halogens is 1. The van der Waals surface area contributed by atoms with Gasteiger partial charge in [0.05, 0.1) is 0 Å². The minimum absolute atomic E-state index is 0.0624. The molecule has 3 N–H and O–H groups in total. The Labute approximate surface area is 112 Å². The van der Waals surface area contributed by atoms with Crippen molar-refractivity contribution in [1.82, 2.24) is 9.88 Å². The standard InChI is InChI=1S/C12H19ClN4O/c1-4-5-17(8(2)3)12(18)9-6-10(13)15-11(7-9)16-14/h6-8H,4-5,14H2,1-3H3,(H,15,16). The van der Waals surface area contributed by atoms with Crippen LogP contribution in [0.4, 0.5) is 5.82 Å². The topological polar surface area (TPSA) is 71.2 Å². The summed E-state index contributed by atoms with van der Waals surface area (Å²) in [5.41, 5.74) is 2.89. The van der Waals surface area contributed by atoms with Gasteiger partial charge in [-0.2, -0.15) is 0 Å². The van der Waals surface area contributed by atoms with Gasteiger partial charge in [0.1, 0.15) is 11.0 Å². The lowest BCUT2D eigenvalue weighted by Crippen LogP contribution is -2.37. The van der Waals surface area contributed by atoms with Gasteiger partial charge in [-0.3, -0.25) is 4.79 Å². The number of pyridine rings is 1. The molecule has 1 rings (SSSR count). The summed E-state index contributed by atoms with van der Waals surface area (Å²) in [5, 5.41) is 0.244. The van der Waals surface area contributed by atoms with Gasteiger partial charge in [0.15, 0.2) is 0 Å². The van der Waals surface area contributed by atoms with E-state index in [1.54, 1.807) is 17.0 Å². The van der Waals surface area contributed by atoms with Crippen LogP contribution in [0, 0.1) is 0 Å². The summed E-state index contributed by atoms with van der Waals surface area (Å²) < 4.78 is 0. The Morgan fingerprint density at radius 1 is 1.56 bits per heavy atom. The van der Waals surface area contributed by atoms with Crippen molar-refractivity contribution >= 4 is 23.3 Å². The third kappa shape index (κ3) is 3.58. The van der Waals surface area contributed by atoms with Gasteiger partial charge in [-0.15, -0.1) is 0 Å². The van der Waals surface area contributed by atoms with Crippen molar-refractivity contribution in [2.75, 3.05) is 12.0 Å². The predicted octanol–water partition coefficient (Wildman–Crippen LogP) is 2.28. The van der Waals surface area contributed by atoms with Gasteiger partial charge in [-0.25, -0.2) is 10.8 Å². The lowest BCUT2D eigenvalue weighted by Gasteiger charge is -2.26. The van der Waals surface area contributed by atoms with Crippen molar-refractivity contribution in [1.29, 1.82) is 0 Å². The Bertz CT molecular complexity index is 423. The number of nitrogens with zero attached hydrogens (tertiary/aromatic N) is 2. The Morgan fingerprint density at radius 3 is 2.72 bits per heavy atom. The Balaban J connectivity index is 3.04. The summed E-state index contributed by atoms with van der Waals surface area (Å²) in [6, 6.07) is 3.29. The number of rotatable bonds is 5. The Hall–Kier alpha value is -1.33. The smallest absolute Gasteiger partial charge is 0.254 e. The summed E-state index contributed by atoms with van der Waals surface area (Å²) in [4.78, 5) is 18.1. The Morgan fingerprint density at radius 2 is 2.22 bits per heavy atom. The molecule has 0 bridgehead atoms. The number of carbonyl (C=O) groups is 1. The van der Waals surface area contributed by atoms with Crippen molar-refractivity contribution in [3.63, 3.8) is 0 Å². The van der Waals surface area contributed by atoms with Gasteiger partial charge in [0.2, 0.25) is 0 Å². The summed E-state index contributed by atoms with van der Waals surface area (Å²) >= 11 is 5.86. The molecule has 0 spiro atoms.